The molecule has 3 fully saturated rings. The van der Waals surface area contributed by atoms with Gasteiger partial charge in [0.25, 0.3) is 5.56 Å². The van der Waals surface area contributed by atoms with E-state index in [9.17, 15) is 14.4 Å². The average Bonchev–Trinajstić information content (AvgIpc) is 3.18. The van der Waals surface area contributed by atoms with E-state index in [0.717, 1.165) is 24.3 Å². The van der Waals surface area contributed by atoms with Crippen molar-refractivity contribution in [1.29, 1.82) is 0 Å². The van der Waals surface area contributed by atoms with Crippen molar-refractivity contribution in [2.24, 2.45) is 11.8 Å². The summed E-state index contributed by atoms with van der Waals surface area (Å²) in [5, 5.41) is 0. The van der Waals surface area contributed by atoms with Gasteiger partial charge in [-0.3, -0.25) is 4.79 Å². The number of carbonyl (C=O) groups is 2. The van der Waals surface area contributed by atoms with Crippen LogP contribution in [0, 0.1) is 11.8 Å². The number of piperidine rings is 1. The zero-order valence-corrected chi connectivity index (χ0v) is 20.3. The zero-order valence-electron chi connectivity index (χ0n) is 20.3. The van der Waals surface area contributed by atoms with Crippen molar-refractivity contribution in [1.82, 2.24) is 9.88 Å². The number of rotatable bonds is 7. The lowest BCUT2D eigenvalue weighted by molar-refractivity contribution is -0.271. The summed E-state index contributed by atoms with van der Waals surface area (Å²) in [5.41, 5.74) is 1.27. The van der Waals surface area contributed by atoms with Crippen molar-refractivity contribution >= 4 is 18.0 Å². The molecule has 1 aromatic carbocycles. The molecule has 2 saturated heterocycles. The van der Waals surface area contributed by atoms with Crippen LogP contribution in [0.1, 0.15) is 56.1 Å². The van der Waals surface area contributed by atoms with Crippen LogP contribution in [0.15, 0.2) is 53.5 Å². The number of carbonyl (C=O) groups excluding carboxylic acids is 2. The van der Waals surface area contributed by atoms with Crippen LogP contribution in [0.3, 0.4) is 0 Å². The number of benzene rings is 1. The molecule has 190 valence electrons. The molecule has 1 atom stereocenters. The van der Waals surface area contributed by atoms with Crippen LogP contribution >= 0.6 is 0 Å². The van der Waals surface area contributed by atoms with Crippen molar-refractivity contribution in [3.8, 4) is 5.75 Å². The number of H-pyrrole nitrogens is 1. The first kappa shape index (κ1) is 24.3. The maximum absolute atomic E-state index is 12.2. The lowest BCUT2D eigenvalue weighted by Gasteiger charge is -2.42. The molecule has 1 N–H and O–H groups in total. The van der Waals surface area contributed by atoms with Crippen LogP contribution in [0.25, 0.3) is 6.08 Å². The normalized spacial score (nSPS) is 22.6. The minimum absolute atomic E-state index is 0.000378. The van der Waals surface area contributed by atoms with E-state index >= 15 is 0 Å². The van der Waals surface area contributed by atoms with Crippen LogP contribution in [0.4, 0.5) is 0 Å². The highest BCUT2D eigenvalue weighted by Crippen LogP contribution is 2.39. The Labute approximate surface area is 210 Å². The molecule has 3 aliphatic rings. The van der Waals surface area contributed by atoms with Crippen molar-refractivity contribution in [2.45, 2.75) is 57.4 Å². The predicted octanol–water partition coefficient (Wildman–Crippen LogP) is 4.01. The van der Waals surface area contributed by atoms with Crippen LogP contribution in [-0.4, -0.2) is 40.9 Å². The number of likely N-dealkylation sites (tertiary alicyclic amines) is 1. The topological polar surface area (TPSA) is 97.9 Å². The fraction of sp³-hybridized carbons (Fsp3) is 0.464. The summed E-state index contributed by atoms with van der Waals surface area (Å²) < 4.78 is 17.2. The summed E-state index contributed by atoms with van der Waals surface area (Å²) in [4.78, 5) is 40.7. The quantitative estimate of drug-likeness (QED) is 0.461. The van der Waals surface area contributed by atoms with Gasteiger partial charge in [0.05, 0.1) is 6.61 Å². The average molecular weight is 493 g/mol. The Hall–Kier alpha value is -3.39. The Balaban J connectivity index is 1.29. The first-order valence-electron chi connectivity index (χ1n) is 12.8. The third kappa shape index (κ3) is 5.38. The number of nitrogens with one attached hydrogen (secondary N) is 1. The van der Waals surface area contributed by atoms with Crippen LogP contribution < -0.4 is 10.3 Å². The van der Waals surface area contributed by atoms with Crippen LogP contribution in [-0.2, 0) is 25.6 Å². The summed E-state index contributed by atoms with van der Waals surface area (Å²) in [6.45, 7) is 1.42. The van der Waals surface area contributed by atoms with Gasteiger partial charge in [-0.05, 0) is 43.2 Å². The van der Waals surface area contributed by atoms with Crippen molar-refractivity contribution < 1.29 is 23.8 Å². The van der Waals surface area contributed by atoms with Gasteiger partial charge in [0.2, 0.25) is 0 Å². The third-order valence-electron chi connectivity index (χ3n) is 7.37. The number of ether oxygens (including phenoxy) is 3. The van der Waals surface area contributed by atoms with E-state index < -0.39 is 17.8 Å². The molecule has 0 radical (unpaired) electrons. The van der Waals surface area contributed by atoms with Gasteiger partial charge in [0.1, 0.15) is 5.75 Å². The van der Waals surface area contributed by atoms with Crippen molar-refractivity contribution in [3.05, 3.63) is 70.2 Å². The highest BCUT2D eigenvalue weighted by atomic mass is 16.8. The van der Waals surface area contributed by atoms with Gasteiger partial charge in [-0.15, -0.1) is 0 Å². The molecular weight excluding hydrogens is 460 g/mol. The summed E-state index contributed by atoms with van der Waals surface area (Å²) in [6.07, 6.45) is 13.0. The van der Waals surface area contributed by atoms with E-state index in [1.165, 1.54) is 32.1 Å². The summed E-state index contributed by atoms with van der Waals surface area (Å²) >= 11 is 0. The molecule has 1 spiro atoms. The number of pyridine rings is 1. The predicted molar refractivity (Wildman–Crippen MR) is 133 cm³/mol. The molecule has 1 aliphatic carbocycles. The number of para-hydroxylation sites is 1. The molecule has 2 aliphatic heterocycles. The Morgan fingerprint density at radius 2 is 1.78 bits per heavy atom. The van der Waals surface area contributed by atoms with E-state index in [1.807, 2.05) is 30.3 Å². The lowest BCUT2D eigenvalue weighted by Crippen LogP contribution is -2.55. The molecule has 0 amide bonds. The fourth-order valence-electron chi connectivity index (χ4n) is 5.36. The minimum atomic E-state index is -1.51. The smallest absolute Gasteiger partial charge is 0.421 e. The monoisotopic (exact) mass is 492 g/mol. The van der Waals surface area contributed by atoms with E-state index in [2.05, 4.69) is 11.1 Å². The van der Waals surface area contributed by atoms with E-state index in [4.69, 9.17) is 14.2 Å². The number of hydrogen-bond acceptors (Lipinski definition) is 7. The van der Waals surface area contributed by atoms with Gasteiger partial charge in [-0.25, -0.2) is 14.5 Å². The highest BCUT2D eigenvalue weighted by molar-refractivity contribution is 6.31. The molecule has 2 aromatic rings. The Bertz CT molecular complexity index is 1170. The molecule has 36 heavy (non-hydrogen) atoms. The molecule has 5 rings (SSSR count). The first-order valence-corrected chi connectivity index (χ1v) is 12.8. The molecular formula is C28H32N2O6. The van der Waals surface area contributed by atoms with Crippen molar-refractivity contribution in [3.63, 3.8) is 0 Å². The molecule has 0 bridgehead atoms. The number of aromatic nitrogens is 1. The molecule has 1 unspecified atom stereocenters. The Kier molecular flexibility index (Phi) is 7.23. The number of esters is 2. The van der Waals surface area contributed by atoms with Gasteiger partial charge in [0.15, 0.2) is 0 Å². The Morgan fingerprint density at radius 1 is 1.00 bits per heavy atom. The largest absolute Gasteiger partial charge is 0.493 e. The van der Waals surface area contributed by atoms with Gasteiger partial charge in [0, 0.05) is 36.8 Å². The lowest BCUT2D eigenvalue weighted by atomic mass is 9.90. The van der Waals surface area contributed by atoms with Crippen LogP contribution in [0.2, 0.25) is 0 Å². The minimum Gasteiger partial charge on any atom is -0.493 e. The number of aromatic amines is 1. The molecule has 8 heteroatoms. The highest BCUT2D eigenvalue weighted by Gasteiger charge is 2.55. The first-order chi connectivity index (χ1) is 17.5. The van der Waals surface area contributed by atoms with E-state index in [1.54, 1.807) is 23.2 Å². The summed E-state index contributed by atoms with van der Waals surface area (Å²) in [7, 11) is 0. The van der Waals surface area contributed by atoms with Gasteiger partial charge in [-0.2, -0.15) is 0 Å². The van der Waals surface area contributed by atoms with Gasteiger partial charge in [-0.1, -0.05) is 55.7 Å². The van der Waals surface area contributed by atoms with Crippen molar-refractivity contribution in [2.75, 3.05) is 13.2 Å². The van der Waals surface area contributed by atoms with E-state index in [0.29, 0.717) is 18.0 Å². The fourth-order valence-corrected chi connectivity index (χ4v) is 5.36. The maximum Gasteiger partial charge on any atom is 0.421 e. The molecule has 1 saturated carbocycles. The number of hydrogen-bond donors (Lipinski definition) is 1. The maximum atomic E-state index is 12.2. The summed E-state index contributed by atoms with van der Waals surface area (Å²) in [5.74, 6) is -2.06. The van der Waals surface area contributed by atoms with Gasteiger partial charge < -0.3 is 19.2 Å². The second-order valence-electron chi connectivity index (χ2n) is 9.90. The second kappa shape index (κ2) is 10.7. The number of nitrogens with zero attached hydrogens (tertiary/aromatic N) is 1. The number of allylic oxidation sites excluding steroid dienone is 1. The third-order valence-corrected chi connectivity index (χ3v) is 7.37. The Morgan fingerprint density at radius 3 is 2.56 bits per heavy atom. The molecule has 8 nitrogen and oxygen atoms in total. The standard InChI is InChI=1S/C28H32N2O6/c31-25-23(10-6-15-29-25)18-30-16-14-20(17-28(30)35-26(32)27(33)36-28)12-13-22-9-4-5-11-24(22)34-19-21-7-2-1-3-8-21/h4-6,9-13,15,20-21H,1-3,7-8,14,16-19H2,(H,29,31)/b13-12+. The van der Waals surface area contributed by atoms with Crippen LogP contribution in [0.5, 0.6) is 5.75 Å². The van der Waals surface area contributed by atoms with Gasteiger partial charge >= 0.3 is 17.8 Å². The zero-order chi connectivity index (χ0) is 25.0. The SMILES string of the molecule is O=C1OC2(CC(/C=C/c3ccccc3OCC3CCCCC3)CCN2Cc2ccc[nH]c2=O)OC1=O. The summed E-state index contributed by atoms with van der Waals surface area (Å²) in [6, 6.07) is 11.4. The van der Waals surface area contributed by atoms with E-state index in [-0.39, 0.29) is 24.4 Å². The molecule has 3 heterocycles. The molecule has 1 aromatic heterocycles. The second-order valence-corrected chi connectivity index (χ2v) is 9.90.